The molecule has 1 aliphatic rings. The second-order valence-electron chi connectivity index (χ2n) is 5.23. The lowest BCUT2D eigenvalue weighted by molar-refractivity contribution is -0.223. The van der Waals surface area contributed by atoms with Crippen molar-refractivity contribution in [2.24, 2.45) is 5.92 Å². The molecule has 1 N–H and O–H groups in total. The summed E-state index contributed by atoms with van der Waals surface area (Å²) in [7, 11) is -4.50. The molecule has 0 aliphatic carbocycles. The Balaban J connectivity index is 2.25. The molecule has 0 spiro atoms. The number of hydrogen-bond donors (Lipinski definition) is 1. The van der Waals surface area contributed by atoms with Crippen LogP contribution in [0.1, 0.15) is 12.8 Å². The SMILES string of the molecule is O=C(ON(CC1CCNCC1)S(=O)(=O)c1ccccn1)C(F)(F)F. The molecule has 134 valence electrons. The summed E-state index contributed by atoms with van der Waals surface area (Å²) in [5, 5.41) is 2.56. The number of piperidine rings is 1. The molecule has 1 aromatic rings. The summed E-state index contributed by atoms with van der Waals surface area (Å²) in [5.41, 5.74) is 0. The number of rotatable bonds is 5. The van der Waals surface area contributed by atoms with Crippen molar-refractivity contribution in [3.8, 4) is 0 Å². The highest BCUT2D eigenvalue weighted by atomic mass is 32.2. The molecule has 0 amide bonds. The lowest BCUT2D eigenvalue weighted by Crippen LogP contribution is -2.43. The molecule has 0 radical (unpaired) electrons. The zero-order valence-electron chi connectivity index (χ0n) is 12.5. The van der Waals surface area contributed by atoms with Gasteiger partial charge in [-0.15, -0.1) is 0 Å². The third-order valence-corrected chi connectivity index (χ3v) is 4.98. The van der Waals surface area contributed by atoms with Crippen molar-refractivity contribution in [1.29, 1.82) is 0 Å². The van der Waals surface area contributed by atoms with E-state index in [1.165, 1.54) is 18.3 Å². The van der Waals surface area contributed by atoms with E-state index in [2.05, 4.69) is 15.1 Å². The molecule has 11 heteroatoms. The lowest BCUT2D eigenvalue weighted by atomic mass is 9.99. The molecule has 0 saturated carbocycles. The normalized spacial score (nSPS) is 17.0. The van der Waals surface area contributed by atoms with Gasteiger partial charge in [-0.05, 0) is 48.5 Å². The Kier molecular flexibility index (Phi) is 5.78. The maximum absolute atomic E-state index is 12.5. The van der Waals surface area contributed by atoms with E-state index < -0.39 is 27.2 Å². The van der Waals surface area contributed by atoms with Gasteiger partial charge in [0.1, 0.15) is 0 Å². The van der Waals surface area contributed by atoms with Crippen LogP contribution in [0.5, 0.6) is 0 Å². The summed E-state index contributed by atoms with van der Waals surface area (Å²) in [5.74, 6) is -2.82. The van der Waals surface area contributed by atoms with Gasteiger partial charge in [-0.1, -0.05) is 6.07 Å². The fraction of sp³-hybridized carbons (Fsp3) is 0.538. The second kappa shape index (κ2) is 7.45. The Morgan fingerprint density at radius 3 is 2.54 bits per heavy atom. The molecule has 7 nitrogen and oxygen atoms in total. The first-order chi connectivity index (χ1) is 11.2. The number of hydroxylamine groups is 1. The zero-order valence-corrected chi connectivity index (χ0v) is 13.3. The molecule has 0 bridgehead atoms. The highest BCUT2D eigenvalue weighted by Gasteiger charge is 2.45. The van der Waals surface area contributed by atoms with Crippen LogP contribution in [0.15, 0.2) is 29.4 Å². The lowest BCUT2D eigenvalue weighted by Gasteiger charge is -2.28. The number of sulfonamides is 1. The highest BCUT2D eigenvalue weighted by Crippen LogP contribution is 2.23. The second-order valence-corrected chi connectivity index (χ2v) is 7.00. The molecule has 1 saturated heterocycles. The monoisotopic (exact) mass is 367 g/mol. The molecule has 1 aromatic heterocycles. The van der Waals surface area contributed by atoms with Gasteiger partial charge in [0.25, 0.3) is 10.0 Å². The van der Waals surface area contributed by atoms with E-state index in [4.69, 9.17) is 0 Å². The van der Waals surface area contributed by atoms with Gasteiger partial charge >= 0.3 is 12.1 Å². The molecular formula is C13H16F3N3O4S. The van der Waals surface area contributed by atoms with Crippen molar-refractivity contribution >= 4 is 16.0 Å². The van der Waals surface area contributed by atoms with Crippen LogP contribution in [0.2, 0.25) is 0 Å². The molecule has 2 rings (SSSR count). The van der Waals surface area contributed by atoms with Crippen LogP contribution >= 0.6 is 0 Å². The molecule has 2 heterocycles. The quantitative estimate of drug-likeness (QED) is 0.784. The molecule has 1 aliphatic heterocycles. The van der Waals surface area contributed by atoms with Crippen molar-refractivity contribution in [2.75, 3.05) is 19.6 Å². The number of alkyl halides is 3. The Bertz CT molecular complexity index is 661. The number of nitrogens with one attached hydrogen (secondary N) is 1. The first-order valence-electron chi connectivity index (χ1n) is 7.15. The standard InChI is InChI=1S/C13H16F3N3O4S/c14-13(15,16)12(20)23-19(9-10-4-7-17-8-5-10)24(21,22)11-3-1-2-6-18-11/h1-3,6,10,17H,4-5,7-9H2. The first-order valence-corrected chi connectivity index (χ1v) is 8.59. The zero-order chi connectivity index (χ0) is 17.8. The van der Waals surface area contributed by atoms with Crippen LogP contribution < -0.4 is 5.32 Å². The molecule has 0 unspecified atom stereocenters. The average Bonchev–Trinajstić information content (AvgIpc) is 2.55. The molecule has 0 aromatic carbocycles. The fourth-order valence-corrected chi connectivity index (χ4v) is 3.43. The third kappa shape index (κ3) is 4.65. The van der Waals surface area contributed by atoms with Gasteiger partial charge < -0.3 is 10.2 Å². The van der Waals surface area contributed by atoms with Gasteiger partial charge in [0.15, 0.2) is 5.03 Å². The third-order valence-electron chi connectivity index (χ3n) is 3.45. The largest absolute Gasteiger partial charge is 0.492 e. The van der Waals surface area contributed by atoms with Gasteiger partial charge in [0, 0.05) is 6.20 Å². The minimum Gasteiger partial charge on any atom is -0.345 e. The van der Waals surface area contributed by atoms with Crippen LogP contribution in [0.3, 0.4) is 0 Å². The van der Waals surface area contributed by atoms with E-state index in [1.807, 2.05) is 0 Å². The highest BCUT2D eigenvalue weighted by molar-refractivity contribution is 7.88. The number of aromatic nitrogens is 1. The predicted molar refractivity (Wildman–Crippen MR) is 75.9 cm³/mol. The van der Waals surface area contributed by atoms with Crippen molar-refractivity contribution in [3.63, 3.8) is 0 Å². The van der Waals surface area contributed by atoms with Crippen molar-refractivity contribution in [3.05, 3.63) is 24.4 Å². The topological polar surface area (TPSA) is 88.6 Å². The van der Waals surface area contributed by atoms with E-state index in [-0.39, 0.29) is 16.9 Å². The first kappa shape index (κ1) is 18.6. The number of nitrogens with zero attached hydrogens (tertiary/aromatic N) is 2. The number of halogens is 3. The van der Waals surface area contributed by atoms with Crippen molar-refractivity contribution < 1.29 is 31.2 Å². The van der Waals surface area contributed by atoms with E-state index >= 15 is 0 Å². The summed E-state index contributed by atoms with van der Waals surface area (Å²) in [6, 6.07) is 3.94. The summed E-state index contributed by atoms with van der Waals surface area (Å²) >= 11 is 0. The minimum absolute atomic E-state index is 0.0984. The number of carbonyl (C=O) groups is 1. The summed E-state index contributed by atoms with van der Waals surface area (Å²) in [6.45, 7) is 0.854. The molecular weight excluding hydrogens is 351 g/mol. The Morgan fingerprint density at radius 1 is 1.33 bits per heavy atom. The van der Waals surface area contributed by atoms with Crippen LogP contribution in [-0.2, 0) is 19.7 Å². The Morgan fingerprint density at radius 2 is 2.00 bits per heavy atom. The molecule has 24 heavy (non-hydrogen) atoms. The van der Waals surface area contributed by atoms with E-state index in [0.717, 1.165) is 6.07 Å². The van der Waals surface area contributed by atoms with Crippen LogP contribution in [-0.4, -0.2) is 49.7 Å². The van der Waals surface area contributed by atoms with E-state index in [0.29, 0.717) is 25.9 Å². The fourth-order valence-electron chi connectivity index (χ4n) is 2.21. The number of carbonyl (C=O) groups excluding carboxylic acids is 1. The van der Waals surface area contributed by atoms with E-state index in [9.17, 15) is 26.4 Å². The average molecular weight is 367 g/mol. The predicted octanol–water partition coefficient (Wildman–Crippen LogP) is 1.09. The Labute approximate surface area is 136 Å². The van der Waals surface area contributed by atoms with Crippen LogP contribution in [0.4, 0.5) is 13.2 Å². The summed E-state index contributed by atoms with van der Waals surface area (Å²) in [6.07, 6.45) is -3.01. The molecule has 1 fully saturated rings. The summed E-state index contributed by atoms with van der Waals surface area (Å²) < 4.78 is 62.4. The number of pyridine rings is 1. The van der Waals surface area contributed by atoms with Crippen molar-refractivity contribution in [1.82, 2.24) is 14.8 Å². The summed E-state index contributed by atoms with van der Waals surface area (Å²) in [4.78, 5) is 18.9. The van der Waals surface area contributed by atoms with Gasteiger partial charge in [-0.3, -0.25) is 0 Å². The van der Waals surface area contributed by atoms with Crippen molar-refractivity contribution in [2.45, 2.75) is 24.0 Å². The van der Waals surface area contributed by atoms with Crippen LogP contribution in [0, 0.1) is 5.92 Å². The van der Waals surface area contributed by atoms with Crippen LogP contribution in [0.25, 0.3) is 0 Å². The molecule has 0 atom stereocenters. The van der Waals surface area contributed by atoms with Gasteiger partial charge in [0.05, 0.1) is 6.54 Å². The maximum Gasteiger partial charge on any atom is 0.492 e. The van der Waals surface area contributed by atoms with E-state index in [1.54, 1.807) is 0 Å². The van der Waals surface area contributed by atoms with Gasteiger partial charge in [-0.25, -0.2) is 18.2 Å². The smallest absolute Gasteiger partial charge is 0.345 e. The van der Waals surface area contributed by atoms with Gasteiger partial charge in [0.2, 0.25) is 0 Å². The maximum atomic E-state index is 12.5. The minimum atomic E-state index is -5.30. The number of hydrogen-bond acceptors (Lipinski definition) is 6. The van der Waals surface area contributed by atoms with Gasteiger partial charge in [-0.2, -0.15) is 13.2 Å². The Hall–Kier alpha value is -1.72.